The Balaban J connectivity index is 2.18. The van der Waals surface area contributed by atoms with Gasteiger partial charge in [-0.2, -0.15) is 5.26 Å². The highest BCUT2D eigenvalue weighted by atomic mass is 16.5. The van der Waals surface area contributed by atoms with Crippen molar-refractivity contribution >= 4 is 5.82 Å². The molecule has 1 saturated heterocycles. The zero-order valence-electron chi connectivity index (χ0n) is 14.1. The third-order valence-corrected chi connectivity index (χ3v) is 4.70. The van der Waals surface area contributed by atoms with Crippen molar-refractivity contribution < 1.29 is 4.74 Å². The van der Waals surface area contributed by atoms with E-state index in [0.717, 1.165) is 42.1 Å². The molecule has 0 aromatic carbocycles. The molecular formula is C18H25N3O. The van der Waals surface area contributed by atoms with Gasteiger partial charge in [0.05, 0.1) is 12.2 Å². The van der Waals surface area contributed by atoms with Gasteiger partial charge in [0.25, 0.3) is 0 Å². The lowest BCUT2D eigenvalue weighted by Crippen LogP contribution is -2.34. The van der Waals surface area contributed by atoms with Gasteiger partial charge in [-0.05, 0) is 38.2 Å². The normalized spacial score (nSPS) is 20.1. The molecule has 0 amide bonds. The van der Waals surface area contributed by atoms with Crippen LogP contribution in [0.3, 0.4) is 0 Å². The van der Waals surface area contributed by atoms with Crippen LogP contribution >= 0.6 is 0 Å². The van der Waals surface area contributed by atoms with Crippen molar-refractivity contribution in [3.05, 3.63) is 22.4 Å². The van der Waals surface area contributed by atoms with E-state index in [0.29, 0.717) is 12.5 Å². The Morgan fingerprint density at radius 3 is 2.50 bits per heavy atom. The minimum absolute atomic E-state index is 0.180. The van der Waals surface area contributed by atoms with Crippen molar-refractivity contribution in [3.63, 3.8) is 0 Å². The zero-order chi connectivity index (χ0) is 15.9. The van der Waals surface area contributed by atoms with E-state index < -0.39 is 0 Å². The molecular weight excluding hydrogens is 274 g/mol. The molecule has 4 heteroatoms. The van der Waals surface area contributed by atoms with Gasteiger partial charge < -0.3 is 9.64 Å². The molecule has 1 fully saturated rings. The molecule has 118 valence electrons. The summed E-state index contributed by atoms with van der Waals surface area (Å²) in [7, 11) is 0. The van der Waals surface area contributed by atoms with Crippen molar-refractivity contribution in [2.45, 2.75) is 65.1 Å². The molecule has 0 aliphatic carbocycles. The van der Waals surface area contributed by atoms with Gasteiger partial charge >= 0.3 is 0 Å². The number of hydrogen-bond acceptors (Lipinski definition) is 4. The number of nitrogens with zero attached hydrogens (tertiary/aromatic N) is 3. The number of ether oxygens (including phenoxy) is 1. The van der Waals surface area contributed by atoms with Crippen LogP contribution in [0.25, 0.3) is 0 Å². The van der Waals surface area contributed by atoms with Crippen LogP contribution in [0.5, 0.6) is 0 Å². The van der Waals surface area contributed by atoms with Gasteiger partial charge in [-0.25, -0.2) is 4.98 Å². The fraction of sp³-hybridized carbons (Fsp3) is 0.667. The molecule has 2 aliphatic rings. The topological polar surface area (TPSA) is 49.2 Å². The smallest absolute Gasteiger partial charge is 0.147 e. The summed E-state index contributed by atoms with van der Waals surface area (Å²) in [5.41, 5.74) is 4.01. The number of fused-ring (bicyclic) bond motifs is 1. The molecule has 0 saturated carbocycles. The SMILES string of the molecule is CC(C)c1nc(N2CCCC2)c(C#N)c2c1CC(C)(C)OC2. The molecule has 1 aromatic heterocycles. The van der Waals surface area contributed by atoms with E-state index in [4.69, 9.17) is 9.72 Å². The minimum atomic E-state index is -0.180. The third-order valence-electron chi connectivity index (χ3n) is 4.70. The molecule has 3 heterocycles. The van der Waals surface area contributed by atoms with E-state index in [1.54, 1.807) is 0 Å². The van der Waals surface area contributed by atoms with E-state index in [-0.39, 0.29) is 5.60 Å². The summed E-state index contributed by atoms with van der Waals surface area (Å²) >= 11 is 0. The summed E-state index contributed by atoms with van der Waals surface area (Å²) in [4.78, 5) is 7.22. The second-order valence-corrected chi connectivity index (χ2v) is 7.34. The summed E-state index contributed by atoms with van der Waals surface area (Å²) in [5, 5.41) is 9.72. The molecule has 0 radical (unpaired) electrons. The maximum atomic E-state index is 9.72. The second-order valence-electron chi connectivity index (χ2n) is 7.34. The minimum Gasteiger partial charge on any atom is -0.370 e. The number of anilines is 1. The number of nitriles is 1. The van der Waals surface area contributed by atoms with E-state index >= 15 is 0 Å². The first-order valence-electron chi connectivity index (χ1n) is 8.27. The number of aromatic nitrogens is 1. The summed E-state index contributed by atoms with van der Waals surface area (Å²) in [6.07, 6.45) is 3.20. The Hall–Kier alpha value is -1.60. The predicted molar refractivity (Wildman–Crippen MR) is 87.1 cm³/mol. The van der Waals surface area contributed by atoms with Gasteiger partial charge in [0.1, 0.15) is 17.5 Å². The van der Waals surface area contributed by atoms with E-state index in [9.17, 15) is 5.26 Å². The summed E-state index contributed by atoms with van der Waals surface area (Å²) in [5.74, 6) is 1.24. The van der Waals surface area contributed by atoms with Gasteiger partial charge in [0.15, 0.2) is 0 Å². The molecule has 0 spiro atoms. The van der Waals surface area contributed by atoms with E-state index in [1.807, 2.05) is 0 Å². The molecule has 22 heavy (non-hydrogen) atoms. The highest BCUT2D eigenvalue weighted by Crippen LogP contribution is 2.37. The molecule has 4 nitrogen and oxygen atoms in total. The molecule has 2 aliphatic heterocycles. The van der Waals surface area contributed by atoms with Crippen LogP contribution in [0.4, 0.5) is 5.82 Å². The van der Waals surface area contributed by atoms with Gasteiger partial charge in [-0.1, -0.05) is 13.8 Å². The monoisotopic (exact) mass is 299 g/mol. The first-order chi connectivity index (χ1) is 10.4. The second kappa shape index (κ2) is 5.55. The van der Waals surface area contributed by atoms with Crippen molar-refractivity contribution in [2.24, 2.45) is 0 Å². The number of hydrogen-bond donors (Lipinski definition) is 0. The molecule has 3 rings (SSSR count). The quantitative estimate of drug-likeness (QED) is 0.838. The first-order valence-corrected chi connectivity index (χ1v) is 8.27. The van der Waals surface area contributed by atoms with Crippen molar-refractivity contribution in [1.82, 2.24) is 4.98 Å². The van der Waals surface area contributed by atoms with Crippen LogP contribution in [-0.2, 0) is 17.8 Å². The zero-order valence-corrected chi connectivity index (χ0v) is 14.1. The molecule has 0 N–H and O–H groups in total. The average molecular weight is 299 g/mol. The van der Waals surface area contributed by atoms with Crippen molar-refractivity contribution in [1.29, 1.82) is 5.26 Å². The fourth-order valence-corrected chi connectivity index (χ4v) is 3.53. The largest absolute Gasteiger partial charge is 0.370 e. The van der Waals surface area contributed by atoms with Gasteiger partial charge in [-0.15, -0.1) is 0 Å². The Morgan fingerprint density at radius 2 is 1.91 bits per heavy atom. The molecule has 1 aromatic rings. The Kier molecular flexibility index (Phi) is 3.86. The Bertz CT molecular complexity index is 622. The molecule has 0 bridgehead atoms. The highest BCUT2D eigenvalue weighted by molar-refractivity contribution is 5.62. The summed E-state index contributed by atoms with van der Waals surface area (Å²) < 4.78 is 5.99. The maximum absolute atomic E-state index is 9.72. The van der Waals surface area contributed by atoms with Gasteiger partial charge in [0.2, 0.25) is 0 Å². The van der Waals surface area contributed by atoms with Crippen LogP contribution in [0, 0.1) is 11.3 Å². The molecule has 0 atom stereocenters. The van der Waals surface area contributed by atoms with Crippen LogP contribution < -0.4 is 4.90 Å². The Morgan fingerprint density at radius 1 is 1.23 bits per heavy atom. The number of pyridine rings is 1. The lowest BCUT2D eigenvalue weighted by molar-refractivity contribution is -0.0406. The van der Waals surface area contributed by atoms with E-state index in [2.05, 4.69) is 38.7 Å². The highest BCUT2D eigenvalue weighted by Gasteiger charge is 2.33. The van der Waals surface area contributed by atoms with Crippen LogP contribution in [0.15, 0.2) is 0 Å². The molecule has 0 unspecified atom stereocenters. The van der Waals surface area contributed by atoms with Crippen LogP contribution in [-0.4, -0.2) is 23.7 Å². The maximum Gasteiger partial charge on any atom is 0.147 e. The lowest BCUT2D eigenvalue weighted by atomic mass is 9.86. The number of rotatable bonds is 2. The van der Waals surface area contributed by atoms with Crippen molar-refractivity contribution in [3.8, 4) is 6.07 Å². The summed E-state index contributed by atoms with van der Waals surface area (Å²) in [6.45, 7) is 11.1. The predicted octanol–water partition coefficient (Wildman–Crippen LogP) is 3.53. The fourth-order valence-electron chi connectivity index (χ4n) is 3.53. The first kappa shape index (κ1) is 15.3. The standard InChI is InChI=1S/C18H25N3O/c1-12(2)16-13-9-18(3,4)22-11-15(13)14(10-19)17(20-16)21-7-5-6-8-21/h12H,5-9,11H2,1-4H3. The summed E-state index contributed by atoms with van der Waals surface area (Å²) in [6, 6.07) is 2.41. The van der Waals surface area contributed by atoms with E-state index in [1.165, 1.54) is 18.4 Å². The third kappa shape index (κ3) is 2.59. The average Bonchev–Trinajstić information content (AvgIpc) is 2.98. The Labute approximate surface area is 133 Å². The van der Waals surface area contributed by atoms with Gasteiger partial charge in [-0.3, -0.25) is 0 Å². The van der Waals surface area contributed by atoms with Crippen molar-refractivity contribution in [2.75, 3.05) is 18.0 Å². The van der Waals surface area contributed by atoms with Crippen LogP contribution in [0.2, 0.25) is 0 Å². The lowest BCUT2D eigenvalue weighted by Gasteiger charge is -2.35. The van der Waals surface area contributed by atoms with Crippen LogP contribution in [0.1, 0.15) is 68.8 Å². The van der Waals surface area contributed by atoms with Gasteiger partial charge in [0, 0.05) is 30.8 Å².